The first-order chi connectivity index (χ1) is 14.7. The van der Waals surface area contributed by atoms with Gasteiger partial charge in [-0.15, -0.1) is 0 Å². The Bertz CT molecular complexity index is 1170. The quantitative estimate of drug-likeness (QED) is 0.448. The molecule has 0 aliphatic heterocycles. The van der Waals surface area contributed by atoms with Crippen molar-refractivity contribution < 1.29 is 13.9 Å². The number of imidazole rings is 1. The summed E-state index contributed by atoms with van der Waals surface area (Å²) < 4.78 is 22.7. The number of ether oxygens (including phenoxy) is 1. The van der Waals surface area contributed by atoms with Crippen molar-refractivity contribution in [2.75, 3.05) is 18.5 Å². The molecule has 0 spiro atoms. The third-order valence-corrected chi connectivity index (χ3v) is 4.68. The van der Waals surface area contributed by atoms with Crippen LogP contribution in [0, 0.1) is 5.82 Å². The molecule has 0 bridgehead atoms. The zero-order valence-corrected chi connectivity index (χ0v) is 16.6. The molecule has 0 aliphatic carbocycles. The Kier molecular flexibility index (Phi) is 5.85. The number of aryl methyl sites for hydroxylation is 1. The van der Waals surface area contributed by atoms with Crippen molar-refractivity contribution in [3.63, 3.8) is 0 Å². The molecule has 4 aromatic rings. The number of aromatic nitrogens is 4. The van der Waals surface area contributed by atoms with E-state index < -0.39 is 11.7 Å². The number of para-hydroxylation sites is 3. The van der Waals surface area contributed by atoms with E-state index >= 15 is 0 Å². The first-order valence-corrected chi connectivity index (χ1v) is 9.82. The minimum Gasteiger partial charge on any atom is -0.382 e. The summed E-state index contributed by atoms with van der Waals surface area (Å²) in [5.41, 5.74) is 2.17. The van der Waals surface area contributed by atoms with Crippen LogP contribution in [0.4, 0.5) is 10.3 Å². The Morgan fingerprint density at radius 3 is 2.77 bits per heavy atom. The lowest BCUT2D eigenvalue weighted by molar-refractivity contribution is 0.102. The maximum absolute atomic E-state index is 14.0. The monoisotopic (exact) mass is 407 g/mol. The number of hydrogen-bond donors (Lipinski definition) is 1. The van der Waals surface area contributed by atoms with E-state index in [0.717, 1.165) is 17.5 Å². The lowest BCUT2D eigenvalue weighted by Gasteiger charge is -2.09. The number of benzene rings is 2. The zero-order valence-electron chi connectivity index (χ0n) is 16.6. The summed E-state index contributed by atoms with van der Waals surface area (Å²) in [5, 5.41) is 7.05. The van der Waals surface area contributed by atoms with Gasteiger partial charge in [-0.2, -0.15) is 5.10 Å². The molecule has 154 valence electrons. The Morgan fingerprint density at radius 2 is 1.93 bits per heavy atom. The number of carbonyl (C=O) groups is 1. The van der Waals surface area contributed by atoms with E-state index in [1.807, 2.05) is 35.8 Å². The van der Waals surface area contributed by atoms with Crippen LogP contribution in [0.3, 0.4) is 0 Å². The van der Waals surface area contributed by atoms with Crippen molar-refractivity contribution in [3.8, 4) is 5.69 Å². The average molecular weight is 407 g/mol. The van der Waals surface area contributed by atoms with E-state index in [-0.39, 0.29) is 11.4 Å². The van der Waals surface area contributed by atoms with Crippen LogP contribution in [0.1, 0.15) is 23.8 Å². The summed E-state index contributed by atoms with van der Waals surface area (Å²) in [4.78, 5) is 17.3. The summed E-state index contributed by atoms with van der Waals surface area (Å²) in [6.07, 6.45) is 2.34. The van der Waals surface area contributed by atoms with E-state index in [0.29, 0.717) is 25.7 Å². The molecule has 1 N–H and O–H groups in total. The Balaban J connectivity index is 1.56. The van der Waals surface area contributed by atoms with Gasteiger partial charge in [0.05, 0.1) is 11.0 Å². The molecule has 2 heterocycles. The van der Waals surface area contributed by atoms with Crippen LogP contribution in [-0.4, -0.2) is 38.5 Å². The van der Waals surface area contributed by atoms with Gasteiger partial charge in [0.15, 0.2) is 5.69 Å². The maximum atomic E-state index is 14.0. The first kappa shape index (κ1) is 19.8. The van der Waals surface area contributed by atoms with E-state index in [1.54, 1.807) is 30.5 Å². The maximum Gasteiger partial charge on any atom is 0.278 e. The predicted molar refractivity (Wildman–Crippen MR) is 112 cm³/mol. The molecule has 0 aliphatic rings. The number of fused-ring (bicyclic) bond motifs is 1. The molecule has 0 fully saturated rings. The van der Waals surface area contributed by atoms with Gasteiger partial charge in [-0.05, 0) is 43.7 Å². The van der Waals surface area contributed by atoms with Crippen LogP contribution in [0.15, 0.2) is 60.8 Å². The van der Waals surface area contributed by atoms with Crippen LogP contribution in [-0.2, 0) is 11.3 Å². The molecule has 30 heavy (non-hydrogen) atoms. The minimum atomic E-state index is -0.413. The molecule has 0 unspecified atom stereocenters. The number of amides is 1. The van der Waals surface area contributed by atoms with E-state index in [4.69, 9.17) is 4.74 Å². The minimum absolute atomic E-state index is 0.172. The standard InChI is InChI=1S/C22H22FN5O2/c1-2-30-15-7-13-27-20-11-6-4-9-17(20)24-22(27)25-21(29)18-12-14-28(26-18)19-10-5-3-8-16(19)23/h3-6,8-12,14H,2,7,13,15H2,1H3,(H,24,25,29). The lowest BCUT2D eigenvalue weighted by atomic mass is 10.3. The fourth-order valence-corrected chi connectivity index (χ4v) is 3.25. The zero-order chi connectivity index (χ0) is 20.9. The molecule has 0 atom stereocenters. The first-order valence-electron chi connectivity index (χ1n) is 9.82. The highest BCUT2D eigenvalue weighted by Gasteiger charge is 2.17. The molecular weight excluding hydrogens is 385 g/mol. The second-order valence-electron chi connectivity index (χ2n) is 6.68. The normalized spacial score (nSPS) is 11.1. The number of nitrogens with zero attached hydrogens (tertiary/aromatic N) is 4. The molecule has 0 radical (unpaired) electrons. The van der Waals surface area contributed by atoms with E-state index in [9.17, 15) is 9.18 Å². The van der Waals surface area contributed by atoms with Gasteiger partial charge < -0.3 is 9.30 Å². The van der Waals surface area contributed by atoms with Gasteiger partial charge in [0.2, 0.25) is 5.95 Å². The summed E-state index contributed by atoms with van der Waals surface area (Å²) in [7, 11) is 0. The number of rotatable bonds is 8. The SMILES string of the molecule is CCOCCCn1c(NC(=O)c2ccn(-c3ccccc3F)n2)nc2ccccc21. The van der Waals surface area contributed by atoms with Crippen molar-refractivity contribution in [1.29, 1.82) is 0 Å². The van der Waals surface area contributed by atoms with E-state index in [1.165, 1.54) is 10.7 Å². The number of halogens is 1. The number of carbonyl (C=O) groups excluding carboxylic acids is 1. The molecule has 0 saturated carbocycles. The Labute approximate surface area is 173 Å². The van der Waals surface area contributed by atoms with Gasteiger partial charge in [0.1, 0.15) is 11.5 Å². The highest BCUT2D eigenvalue weighted by atomic mass is 19.1. The van der Waals surface area contributed by atoms with Gasteiger partial charge in [-0.3, -0.25) is 10.1 Å². The van der Waals surface area contributed by atoms with Gasteiger partial charge in [0, 0.05) is 26.0 Å². The molecular formula is C22H22FN5O2. The fraction of sp³-hybridized carbons (Fsp3) is 0.227. The smallest absolute Gasteiger partial charge is 0.278 e. The molecule has 1 amide bonds. The topological polar surface area (TPSA) is 74.0 Å². The Morgan fingerprint density at radius 1 is 1.13 bits per heavy atom. The highest BCUT2D eigenvalue weighted by Crippen LogP contribution is 2.21. The molecule has 0 saturated heterocycles. The summed E-state index contributed by atoms with van der Waals surface area (Å²) in [6.45, 7) is 3.90. The molecule has 8 heteroatoms. The fourth-order valence-electron chi connectivity index (χ4n) is 3.25. The third kappa shape index (κ3) is 4.08. The largest absolute Gasteiger partial charge is 0.382 e. The molecule has 2 aromatic carbocycles. The van der Waals surface area contributed by atoms with Gasteiger partial charge in [0.25, 0.3) is 5.91 Å². The summed E-state index contributed by atoms with van der Waals surface area (Å²) >= 11 is 0. The summed E-state index contributed by atoms with van der Waals surface area (Å²) in [5.74, 6) is -0.381. The van der Waals surface area contributed by atoms with Gasteiger partial charge in [-0.25, -0.2) is 14.1 Å². The lowest BCUT2D eigenvalue weighted by Crippen LogP contribution is -2.17. The van der Waals surface area contributed by atoms with E-state index in [2.05, 4.69) is 15.4 Å². The third-order valence-electron chi connectivity index (χ3n) is 4.68. The van der Waals surface area contributed by atoms with Crippen molar-refractivity contribution >= 4 is 22.9 Å². The second-order valence-corrected chi connectivity index (χ2v) is 6.68. The van der Waals surface area contributed by atoms with Crippen LogP contribution in [0.2, 0.25) is 0 Å². The van der Waals surface area contributed by atoms with Crippen LogP contribution in [0.5, 0.6) is 0 Å². The predicted octanol–water partition coefficient (Wildman–Crippen LogP) is 4.04. The molecule has 2 aromatic heterocycles. The Hall–Kier alpha value is -3.52. The number of nitrogens with one attached hydrogen (secondary N) is 1. The average Bonchev–Trinajstić information content (AvgIpc) is 3.37. The second kappa shape index (κ2) is 8.87. The number of anilines is 1. The van der Waals surface area contributed by atoms with Crippen molar-refractivity contribution in [2.24, 2.45) is 0 Å². The van der Waals surface area contributed by atoms with Crippen LogP contribution in [0.25, 0.3) is 16.7 Å². The van der Waals surface area contributed by atoms with Crippen molar-refractivity contribution in [1.82, 2.24) is 19.3 Å². The number of hydrogen-bond acceptors (Lipinski definition) is 4. The van der Waals surface area contributed by atoms with Crippen LogP contribution >= 0.6 is 0 Å². The molecule has 7 nitrogen and oxygen atoms in total. The van der Waals surface area contributed by atoms with Crippen molar-refractivity contribution in [2.45, 2.75) is 19.9 Å². The summed E-state index contributed by atoms with van der Waals surface area (Å²) in [6, 6.07) is 15.5. The highest BCUT2D eigenvalue weighted by molar-refractivity contribution is 6.02. The van der Waals surface area contributed by atoms with Crippen molar-refractivity contribution in [3.05, 3.63) is 72.3 Å². The van der Waals surface area contributed by atoms with Crippen LogP contribution < -0.4 is 5.32 Å². The molecule has 4 rings (SSSR count). The van der Waals surface area contributed by atoms with Gasteiger partial charge in [-0.1, -0.05) is 24.3 Å². The van der Waals surface area contributed by atoms with Gasteiger partial charge >= 0.3 is 0 Å².